The van der Waals surface area contributed by atoms with Crippen LogP contribution in [0.5, 0.6) is 5.75 Å². The van der Waals surface area contributed by atoms with Crippen molar-refractivity contribution in [2.75, 3.05) is 26.2 Å². The zero-order valence-corrected chi connectivity index (χ0v) is 11.4. The van der Waals surface area contributed by atoms with E-state index in [2.05, 4.69) is 5.32 Å². The molecule has 114 valence electrons. The van der Waals surface area contributed by atoms with Crippen molar-refractivity contribution in [2.24, 2.45) is 0 Å². The van der Waals surface area contributed by atoms with Gasteiger partial charge in [0.2, 0.25) is 5.91 Å². The highest BCUT2D eigenvalue weighted by atomic mass is 19.1. The second kappa shape index (κ2) is 7.03. The van der Waals surface area contributed by atoms with E-state index in [-0.39, 0.29) is 24.8 Å². The molecular weight excluding hydrogens is 279 g/mol. The molecule has 1 aliphatic heterocycles. The maximum Gasteiger partial charge on any atom is 0.322 e. The van der Waals surface area contributed by atoms with Crippen LogP contribution in [0.1, 0.15) is 6.42 Å². The molecule has 2 N–H and O–H groups in total. The van der Waals surface area contributed by atoms with Gasteiger partial charge in [-0.15, -0.1) is 0 Å². The summed E-state index contributed by atoms with van der Waals surface area (Å²) in [6.45, 7) is 1.02. The molecule has 1 fully saturated rings. The quantitative estimate of drug-likeness (QED) is 0.747. The fourth-order valence-corrected chi connectivity index (χ4v) is 2.16. The third-order valence-electron chi connectivity index (χ3n) is 3.24. The predicted molar refractivity (Wildman–Crippen MR) is 72.5 cm³/mol. The van der Waals surface area contributed by atoms with Gasteiger partial charge in [-0.3, -0.25) is 14.5 Å². The van der Waals surface area contributed by atoms with Crippen molar-refractivity contribution in [1.29, 1.82) is 0 Å². The number of piperazine rings is 1. The van der Waals surface area contributed by atoms with Crippen LogP contribution in [0.2, 0.25) is 0 Å². The molecule has 1 aromatic rings. The van der Waals surface area contributed by atoms with E-state index in [9.17, 15) is 14.0 Å². The van der Waals surface area contributed by atoms with Crippen LogP contribution < -0.4 is 10.1 Å². The lowest BCUT2D eigenvalue weighted by molar-refractivity contribution is -0.146. The van der Waals surface area contributed by atoms with Gasteiger partial charge in [0.1, 0.15) is 17.6 Å². The molecule has 1 aromatic carbocycles. The van der Waals surface area contributed by atoms with Gasteiger partial charge >= 0.3 is 5.97 Å². The lowest BCUT2D eigenvalue weighted by Gasteiger charge is -2.32. The van der Waals surface area contributed by atoms with Gasteiger partial charge < -0.3 is 15.2 Å². The van der Waals surface area contributed by atoms with Crippen LogP contribution in [0.15, 0.2) is 24.3 Å². The smallest absolute Gasteiger partial charge is 0.322 e. The van der Waals surface area contributed by atoms with Crippen molar-refractivity contribution in [1.82, 2.24) is 10.2 Å². The molecule has 1 unspecified atom stereocenters. The number of carboxylic acids is 1. The Kier molecular flexibility index (Phi) is 5.10. The summed E-state index contributed by atoms with van der Waals surface area (Å²) in [6.07, 6.45) is 0.578. The summed E-state index contributed by atoms with van der Waals surface area (Å²) in [6, 6.07) is 4.98. The summed E-state index contributed by atoms with van der Waals surface area (Å²) in [5.41, 5.74) is 0. The summed E-state index contributed by atoms with van der Waals surface area (Å²) in [7, 11) is 0. The first-order valence-corrected chi connectivity index (χ1v) is 6.68. The molecule has 1 saturated heterocycles. The highest BCUT2D eigenvalue weighted by molar-refractivity contribution is 5.83. The van der Waals surface area contributed by atoms with E-state index in [0.29, 0.717) is 25.3 Å². The van der Waals surface area contributed by atoms with E-state index in [1.807, 2.05) is 0 Å². The molecule has 0 radical (unpaired) electrons. The normalized spacial score (nSPS) is 19.1. The van der Waals surface area contributed by atoms with Crippen molar-refractivity contribution >= 4 is 11.9 Å². The highest BCUT2D eigenvalue weighted by Crippen LogP contribution is 2.12. The maximum atomic E-state index is 12.7. The minimum Gasteiger partial charge on any atom is -0.494 e. The summed E-state index contributed by atoms with van der Waals surface area (Å²) in [4.78, 5) is 24.0. The Morgan fingerprint density at radius 2 is 2.14 bits per heavy atom. The van der Waals surface area contributed by atoms with E-state index >= 15 is 0 Å². The molecule has 0 aliphatic carbocycles. The number of carboxylic acid groups (broad SMARTS) is 1. The van der Waals surface area contributed by atoms with Gasteiger partial charge in [-0.1, -0.05) is 0 Å². The Hall–Kier alpha value is -2.15. The molecular formula is C14H17FN2O4. The van der Waals surface area contributed by atoms with Crippen LogP contribution in [-0.4, -0.2) is 54.2 Å². The molecule has 0 saturated carbocycles. The zero-order chi connectivity index (χ0) is 15.2. The number of nitrogens with one attached hydrogen (secondary N) is 1. The number of rotatable bonds is 6. The number of hydrogen-bond acceptors (Lipinski definition) is 4. The molecule has 6 nitrogen and oxygen atoms in total. The van der Waals surface area contributed by atoms with Crippen molar-refractivity contribution in [2.45, 2.75) is 12.5 Å². The summed E-state index contributed by atoms with van der Waals surface area (Å²) >= 11 is 0. The average molecular weight is 296 g/mol. The first kappa shape index (κ1) is 15.2. The Morgan fingerprint density at radius 3 is 2.81 bits per heavy atom. The third kappa shape index (κ3) is 4.42. The van der Waals surface area contributed by atoms with Crippen LogP contribution in [0.25, 0.3) is 0 Å². The number of ether oxygens (including phenoxy) is 1. The minimum absolute atomic E-state index is 0.0769. The second-order valence-corrected chi connectivity index (χ2v) is 4.78. The number of benzene rings is 1. The molecule has 1 heterocycles. The molecule has 1 amide bonds. The summed E-state index contributed by atoms with van der Waals surface area (Å²) < 4.78 is 18.2. The average Bonchev–Trinajstić information content (AvgIpc) is 2.45. The van der Waals surface area contributed by atoms with Crippen LogP contribution in [0.3, 0.4) is 0 Å². The number of amides is 1. The van der Waals surface area contributed by atoms with E-state index < -0.39 is 12.0 Å². The SMILES string of the molecule is O=C1CN(CCCOc2ccc(F)cc2)C(C(=O)O)CN1. The van der Waals surface area contributed by atoms with Gasteiger partial charge in [-0.25, -0.2) is 4.39 Å². The first-order chi connectivity index (χ1) is 10.1. The minimum atomic E-state index is -0.950. The van der Waals surface area contributed by atoms with E-state index in [4.69, 9.17) is 9.84 Å². The van der Waals surface area contributed by atoms with Crippen LogP contribution in [0, 0.1) is 5.82 Å². The van der Waals surface area contributed by atoms with Gasteiger partial charge in [0, 0.05) is 13.1 Å². The van der Waals surface area contributed by atoms with Crippen molar-refractivity contribution in [3.63, 3.8) is 0 Å². The zero-order valence-electron chi connectivity index (χ0n) is 11.4. The number of nitrogens with zero attached hydrogens (tertiary/aromatic N) is 1. The molecule has 7 heteroatoms. The Morgan fingerprint density at radius 1 is 1.43 bits per heavy atom. The number of carbonyl (C=O) groups is 2. The van der Waals surface area contributed by atoms with Crippen molar-refractivity contribution in [3.05, 3.63) is 30.1 Å². The standard InChI is InChI=1S/C14H17FN2O4/c15-10-2-4-11(5-3-10)21-7-1-6-17-9-13(18)16-8-12(17)14(19)20/h2-5,12H,1,6-9H2,(H,16,18)(H,19,20). The van der Waals surface area contributed by atoms with E-state index in [1.165, 1.54) is 24.3 Å². The predicted octanol–water partition coefficient (Wildman–Crippen LogP) is 0.480. The molecule has 1 atom stereocenters. The number of hydrogen-bond donors (Lipinski definition) is 2. The Bertz CT molecular complexity index is 506. The first-order valence-electron chi connectivity index (χ1n) is 6.68. The number of halogens is 1. The molecule has 0 spiro atoms. The van der Waals surface area contributed by atoms with Crippen LogP contribution >= 0.6 is 0 Å². The van der Waals surface area contributed by atoms with Gasteiger partial charge in [-0.2, -0.15) is 0 Å². The topological polar surface area (TPSA) is 78.9 Å². The largest absolute Gasteiger partial charge is 0.494 e. The van der Waals surface area contributed by atoms with Gasteiger partial charge in [0.05, 0.1) is 13.2 Å². The van der Waals surface area contributed by atoms with Crippen molar-refractivity contribution < 1.29 is 23.8 Å². The lowest BCUT2D eigenvalue weighted by atomic mass is 10.2. The number of carbonyl (C=O) groups excluding carboxylic acids is 1. The van der Waals surface area contributed by atoms with Crippen molar-refractivity contribution in [3.8, 4) is 5.75 Å². The molecule has 0 aromatic heterocycles. The lowest BCUT2D eigenvalue weighted by Crippen LogP contribution is -2.57. The number of aliphatic carboxylic acids is 1. The Labute approximate surface area is 121 Å². The van der Waals surface area contributed by atoms with Crippen LogP contribution in [0.4, 0.5) is 4.39 Å². The monoisotopic (exact) mass is 296 g/mol. The molecule has 1 aliphatic rings. The van der Waals surface area contributed by atoms with E-state index in [1.54, 1.807) is 4.90 Å². The molecule has 0 bridgehead atoms. The third-order valence-corrected chi connectivity index (χ3v) is 3.24. The summed E-state index contributed by atoms with van der Waals surface area (Å²) in [5.74, 6) is -0.894. The van der Waals surface area contributed by atoms with Gasteiger partial charge in [0.15, 0.2) is 0 Å². The molecule has 21 heavy (non-hydrogen) atoms. The van der Waals surface area contributed by atoms with Gasteiger partial charge in [0.25, 0.3) is 0 Å². The summed E-state index contributed by atoms with van der Waals surface area (Å²) in [5, 5.41) is 11.6. The van der Waals surface area contributed by atoms with E-state index in [0.717, 1.165) is 0 Å². The fourth-order valence-electron chi connectivity index (χ4n) is 2.16. The van der Waals surface area contributed by atoms with Crippen LogP contribution in [-0.2, 0) is 9.59 Å². The second-order valence-electron chi connectivity index (χ2n) is 4.78. The highest BCUT2D eigenvalue weighted by Gasteiger charge is 2.31. The Balaban J connectivity index is 1.77. The maximum absolute atomic E-state index is 12.7. The fraction of sp³-hybridized carbons (Fsp3) is 0.429. The van der Waals surface area contributed by atoms with Gasteiger partial charge in [-0.05, 0) is 30.7 Å². The molecule has 2 rings (SSSR count).